The summed E-state index contributed by atoms with van der Waals surface area (Å²) in [7, 11) is 0. The third-order valence-electron chi connectivity index (χ3n) is 7.73. The summed E-state index contributed by atoms with van der Waals surface area (Å²) in [6, 6.07) is 3.72. The smallest absolute Gasteiger partial charge is 0.148 e. The molecule has 1 aromatic rings. The quantitative estimate of drug-likeness (QED) is 0.362. The van der Waals surface area contributed by atoms with E-state index in [2.05, 4.69) is 13.8 Å². The van der Waals surface area contributed by atoms with E-state index in [1.807, 2.05) is 12.1 Å². The minimum Gasteiger partial charge on any atom is -0.492 e. The van der Waals surface area contributed by atoms with Gasteiger partial charge >= 0.3 is 0 Å². The molecule has 0 unspecified atom stereocenters. The molecule has 0 radical (unpaired) electrons. The van der Waals surface area contributed by atoms with Crippen LogP contribution in [0.15, 0.2) is 12.1 Å². The van der Waals surface area contributed by atoms with Gasteiger partial charge in [0.2, 0.25) is 0 Å². The number of hydrogen-bond donors (Lipinski definition) is 0. The van der Waals surface area contributed by atoms with Crippen LogP contribution in [-0.4, -0.2) is 6.61 Å². The molecule has 1 nitrogen and oxygen atoms in total. The number of halogens is 2. The maximum absolute atomic E-state index is 14.7. The summed E-state index contributed by atoms with van der Waals surface area (Å²) in [6.45, 7) is 5.05. The molecule has 0 aliphatic heterocycles. The van der Waals surface area contributed by atoms with Gasteiger partial charge in [0.15, 0.2) is 0 Å². The highest BCUT2D eigenvalue weighted by atomic mass is 35.5. The SMILES string of the molecule is CCCCOc1ccc(CCC2CCC(C3CCC(CC)CC3)CC2)c(F)c1Cl. The number of unbranched alkanes of at least 4 members (excludes halogenated alkanes) is 1. The van der Waals surface area contributed by atoms with Crippen molar-refractivity contribution in [2.75, 3.05) is 6.61 Å². The lowest BCUT2D eigenvalue weighted by molar-refractivity contribution is 0.142. The van der Waals surface area contributed by atoms with Gasteiger partial charge in [0.1, 0.15) is 16.6 Å². The first kappa shape index (κ1) is 22.9. The predicted octanol–water partition coefficient (Wildman–Crippen LogP) is 8.61. The average Bonchev–Trinajstić information content (AvgIpc) is 2.77. The Morgan fingerprint density at radius 2 is 1.55 bits per heavy atom. The van der Waals surface area contributed by atoms with Crippen LogP contribution in [0.2, 0.25) is 5.02 Å². The van der Waals surface area contributed by atoms with Crippen LogP contribution in [0.1, 0.15) is 96.5 Å². The van der Waals surface area contributed by atoms with Gasteiger partial charge in [0.25, 0.3) is 0 Å². The zero-order valence-electron chi connectivity index (χ0n) is 18.5. The summed E-state index contributed by atoms with van der Waals surface area (Å²) in [4.78, 5) is 0. The summed E-state index contributed by atoms with van der Waals surface area (Å²) in [5.41, 5.74) is 0.748. The molecular formula is C26H40ClFO. The summed E-state index contributed by atoms with van der Waals surface area (Å²) in [6.07, 6.45) is 16.5. The summed E-state index contributed by atoms with van der Waals surface area (Å²) in [5.74, 6) is 3.89. The van der Waals surface area contributed by atoms with Crippen molar-refractivity contribution < 1.29 is 9.13 Å². The molecule has 3 rings (SSSR count). The Hall–Kier alpha value is -0.760. The van der Waals surface area contributed by atoms with Crippen LogP contribution in [0, 0.1) is 29.5 Å². The molecule has 164 valence electrons. The minimum absolute atomic E-state index is 0.157. The van der Waals surface area contributed by atoms with Crippen LogP contribution >= 0.6 is 11.6 Å². The molecule has 0 spiro atoms. The van der Waals surface area contributed by atoms with Crippen molar-refractivity contribution in [3.05, 3.63) is 28.5 Å². The normalized spacial score (nSPS) is 27.7. The molecular weight excluding hydrogens is 383 g/mol. The van der Waals surface area contributed by atoms with E-state index in [-0.39, 0.29) is 10.8 Å². The highest BCUT2D eigenvalue weighted by molar-refractivity contribution is 6.32. The van der Waals surface area contributed by atoms with Gasteiger partial charge in [-0.25, -0.2) is 4.39 Å². The maximum Gasteiger partial charge on any atom is 0.148 e. The molecule has 2 fully saturated rings. The van der Waals surface area contributed by atoms with Crippen molar-refractivity contribution in [1.29, 1.82) is 0 Å². The molecule has 2 aliphatic rings. The van der Waals surface area contributed by atoms with Crippen LogP contribution in [0.4, 0.5) is 4.39 Å². The van der Waals surface area contributed by atoms with Gasteiger partial charge in [0.05, 0.1) is 6.61 Å². The van der Waals surface area contributed by atoms with Crippen LogP contribution in [-0.2, 0) is 6.42 Å². The fourth-order valence-electron chi connectivity index (χ4n) is 5.58. The number of benzene rings is 1. The van der Waals surface area contributed by atoms with E-state index in [0.29, 0.717) is 12.4 Å². The van der Waals surface area contributed by atoms with Gasteiger partial charge in [-0.1, -0.05) is 70.0 Å². The van der Waals surface area contributed by atoms with E-state index in [4.69, 9.17) is 16.3 Å². The van der Waals surface area contributed by atoms with E-state index in [0.717, 1.165) is 54.9 Å². The Kier molecular flexibility index (Phi) is 9.15. The second kappa shape index (κ2) is 11.6. The summed E-state index contributed by atoms with van der Waals surface area (Å²) in [5, 5.41) is 0.157. The summed E-state index contributed by atoms with van der Waals surface area (Å²) >= 11 is 6.22. The van der Waals surface area contributed by atoms with Crippen LogP contribution < -0.4 is 4.74 Å². The van der Waals surface area contributed by atoms with E-state index in [1.165, 1.54) is 57.8 Å². The van der Waals surface area contributed by atoms with Gasteiger partial charge in [-0.2, -0.15) is 0 Å². The number of hydrogen-bond acceptors (Lipinski definition) is 1. The molecule has 2 saturated carbocycles. The fraction of sp³-hybridized carbons (Fsp3) is 0.769. The first-order chi connectivity index (χ1) is 14.1. The zero-order chi connectivity index (χ0) is 20.6. The molecule has 0 aromatic heterocycles. The van der Waals surface area contributed by atoms with Crippen LogP contribution in [0.5, 0.6) is 5.75 Å². The monoisotopic (exact) mass is 422 g/mol. The molecule has 1 aromatic carbocycles. The Labute approximate surface area is 182 Å². The molecule has 0 N–H and O–H groups in total. The van der Waals surface area contributed by atoms with E-state index < -0.39 is 0 Å². The highest BCUT2D eigenvalue weighted by Gasteiger charge is 2.30. The van der Waals surface area contributed by atoms with Crippen molar-refractivity contribution in [2.24, 2.45) is 23.7 Å². The van der Waals surface area contributed by atoms with E-state index in [1.54, 1.807) is 0 Å². The van der Waals surface area contributed by atoms with Crippen molar-refractivity contribution in [3.8, 4) is 5.75 Å². The minimum atomic E-state index is -0.276. The van der Waals surface area contributed by atoms with Gasteiger partial charge < -0.3 is 4.74 Å². The third-order valence-corrected chi connectivity index (χ3v) is 8.08. The Morgan fingerprint density at radius 3 is 2.14 bits per heavy atom. The molecule has 0 bridgehead atoms. The molecule has 29 heavy (non-hydrogen) atoms. The second-order valence-corrected chi connectivity index (χ2v) is 9.94. The van der Waals surface area contributed by atoms with Gasteiger partial charge in [-0.05, 0) is 80.2 Å². The molecule has 2 aliphatic carbocycles. The van der Waals surface area contributed by atoms with Crippen LogP contribution in [0.25, 0.3) is 0 Å². The maximum atomic E-state index is 14.7. The molecule has 3 heteroatoms. The lowest BCUT2D eigenvalue weighted by atomic mass is 9.68. The highest BCUT2D eigenvalue weighted by Crippen LogP contribution is 2.43. The summed E-state index contributed by atoms with van der Waals surface area (Å²) < 4.78 is 20.3. The lowest BCUT2D eigenvalue weighted by Crippen LogP contribution is -2.25. The Morgan fingerprint density at radius 1 is 0.931 bits per heavy atom. The number of rotatable bonds is 9. The first-order valence-corrected chi connectivity index (χ1v) is 12.6. The molecule has 0 atom stereocenters. The van der Waals surface area contributed by atoms with E-state index >= 15 is 0 Å². The topological polar surface area (TPSA) is 9.23 Å². The molecule has 0 amide bonds. The van der Waals surface area contributed by atoms with Crippen molar-refractivity contribution in [3.63, 3.8) is 0 Å². The Balaban J connectivity index is 1.43. The third kappa shape index (κ3) is 6.36. The predicted molar refractivity (Wildman–Crippen MR) is 121 cm³/mol. The average molecular weight is 423 g/mol. The molecule has 0 heterocycles. The van der Waals surface area contributed by atoms with Crippen molar-refractivity contribution in [1.82, 2.24) is 0 Å². The van der Waals surface area contributed by atoms with E-state index in [9.17, 15) is 4.39 Å². The zero-order valence-corrected chi connectivity index (χ0v) is 19.3. The van der Waals surface area contributed by atoms with Gasteiger partial charge in [0, 0.05) is 0 Å². The largest absolute Gasteiger partial charge is 0.492 e. The fourth-order valence-corrected chi connectivity index (χ4v) is 5.82. The Bertz CT molecular complexity index is 615. The van der Waals surface area contributed by atoms with Crippen LogP contribution in [0.3, 0.4) is 0 Å². The first-order valence-electron chi connectivity index (χ1n) is 12.2. The van der Waals surface area contributed by atoms with Crippen molar-refractivity contribution in [2.45, 2.75) is 97.3 Å². The second-order valence-electron chi connectivity index (χ2n) is 9.56. The number of aryl methyl sites for hydroxylation is 1. The number of ether oxygens (including phenoxy) is 1. The van der Waals surface area contributed by atoms with Gasteiger partial charge in [-0.15, -0.1) is 0 Å². The van der Waals surface area contributed by atoms with Crippen molar-refractivity contribution >= 4 is 11.6 Å². The standard InChI is InChI=1S/C26H40ClFO/c1-3-5-18-29-24-17-16-23(26(28)25(24)27)15-10-20-8-13-22(14-9-20)21-11-6-19(4-2)7-12-21/h16-17,19-22H,3-15,18H2,1-2H3. The van der Waals surface area contributed by atoms with Gasteiger partial charge in [-0.3, -0.25) is 0 Å². The molecule has 0 saturated heterocycles. The lowest BCUT2D eigenvalue weighted by Gasteiger charge is -2.37.